The van der Waals surface area contributed by atoms with Crippen molar-refractivity contribution in [1.29, 1.82) is 0 Å². The van der Waals surface area contributed by atoms with E-state index in [1.165, 1.54) is 31.4 Å². The molecule has 2 rings (SSSR count). The van der Waals surface area contributed by atoms with Crippen LogP contribution < -0.4 is 10.1 Å². The van der Waals surface area contributed by atoms with Crippen LogP contribution in [0.3, 0.4) is 0 Å². The van der Waals surface area contributed by atoms with E-state index in [2.05, 4.69) is 5.32 Å². The zero-order valence-corrected chi connectivity index (χ0v) is 15.8. The Morgan fingerprint density at radius 2 is 1.83 bits per heavy atom. The second kappa shape index (κ2) is 10.5. The third-order valence-corrected chi connectivity index (χ3v) is 3.88. The van der Waals surface area contributed by atoms with Gasteiger partial charge >= 0.3 is 5.97 Å². The van der Waals surface area contributed by atoms with E-state index in [0.29, 0.717) is 17.0 Å². The number of carbonyl (C=O) groups excluding carboxylic acids is 3. The number of nitrogens with one attached hydrogen (secondary N) is 1. The molecular weight excluding hydrogens is 380 g/mol. The largest absolute Gasteiger partial charge is 0.497 e. The highest BCUT2D eigenvalue weighted by Gasteiger charge is 2.12. The molecule has 9 nitrogen and oxygen atoms in total. The minimum Gasteiger partial charge on any atom is -0.497 e. The topological polar surface area (TPSA) is 125 Å². The molecule has 0 aliphatic heterocycles. The Morgan fingerprint density at radius 3 is 2.55 bits per heavy atom. The highest BCUT2D eigenvalue weighted by molar-refractivity contribution is 5.98. The zero-order valence-electron chi connectivity index (χ0n) is 15.8. The molecule has 0 heterocycles. The smallest absolute Gasteiger partial charge is 0.306 e. The molecule has 0 aromatic heterocycles. The lowest BCUT2D eigenvalue weighted by atomic mass is 10.1. The summed E-state index contributed by atoms with van der Waals surface area (Å²) in [4.78, 5) is 45.8. The Kier molecular flexibility index (Phi) is 7.84. The molecule has 0 fully saturated rings. The van der Waals surface area contributed by atoms with Gasteiger partial charge in [0.15, 0.2) is 12.4 Å². The number of ether oxygens (including phenoxy) is 2. The monoisotopic (exact) mass is 400 g/mol. The number of hydrogen-bond donors (Lipinski definition) is 1. The van der Waals surface area contributed by atoms with Crippen LogP contribution in [0.25, 0.3) is 0 Å². The number of amides is 1. The van der Waals surface area contributed by atoms with Gasteiger partial charge in [0.1, 0.15) is 5.75 Å². The lowest BCUT2D eigenvalue weighted by Crippen LogP contribution is -2.15. The number of Topliss-reactive ketones (excluding diaryl/α,β-unsaturated/α-hetero) is 1. The summed E-state index contributed by atoms with van der Waals surface area (Å²) in [6, 6.07) is 12.1. The van der Waals surface area contributed by atoms with Crippen molar-refractivity contribution in [2.45, 2.75) is 19.3 Å². The first-order valence-electron chi connectivity index (χ1n) is 8.76. The standard InChI is InChI=1S/C20H20N2O7/c1-28-17-8-2-5-14(11-17)18(23)13-29-20(25)10-4-9-19(24)21-15-6-3-7-16(12-15)22(26)27/h2-3,5-8,11-12H,4,9-10,13H2,1H3,(H,21,24). The van der Waals surface area contributed by atoms with Gasteiger partial charge in [-0.1, -0.05) is 18.2 Å². The van der Waals surface area contributed by atoms with Crippen LogP contribution in [0.15, 0.2) is 48.5 Å². The van der Waals surface area contributed by atoms with E-state index in [4.69, 9.17) is 9.47 Å². The third-order valence-electron chi connectivity index (χ3n) is 3.88. The zero-order chi connectivity index (χ0) is 21.2. The number of nitro benzene ring substituents is 1. The Labute approximate surface area is 166 Å². The second-order valence-corrected chi connectivity index (χ2v) is 6.02. The molecule has 29 heavy (non-hydrogen) atoms. The Hall–Kier alpha value is -3.75. The SMILES string of the molecule is COc1cccc(C(=O)COC(=O)CCCC(=O)Nc2cccc([N+](=O)[O-])c2)c1. The summed E-state index contributed by atoms with van der Waals surface area (Å²) in [5, 5.41) is 13.3. The minimum atomic E-state index is -0.593. The fourth-order valence-electron chi connectivity index (χ4n) is 2.41. The number of hydrogen-bond acceptors (Lipinski definition) is 7. The highest BCUT2D eigenvalue weighted by atomic mass is 16.6. The molecule has 0 saturated carbocycles. The van der Waals surface area contributed by atoms with Gasteiger partial charge in [0.05, 0.1) is 12.0 Å². The molecule has 9 heteroatoms. The molecule has 0 aliphatic carbocycles. The molecule has 2 aromatic carbocycles. The Balaban J connectivity index is 1.71. The van der Waals surface area contributed by atoms with Crippen molar-refractivity contribution in [3.63, 3.8) is 0 Å². The van der Waals surface area contributed by atoms with Gasteiger partial charge in [-0.25, -0.2) is 0 Å². The van der Waals surface area contributed by atoms with Crippen LogP contribution in [-0.2, 0) is 14.3 Å². The maximum atomic E-state index is 12.0. The van der Waals surface area contributed by atoms with Gasteiger partial charge in [-0.3, -0.25) is 24.5 Å². The molecule has 1 amide bonds. The number of rotatable bonds is 10. The Morgan fingerprint density at radius 1 is 1.07 bits per heavy atom. The summed E-state index contributed by atoms with van der Waals surface area (Å²) in [6.07, 6.45) is 0.211. The number of methoxy groups -OCH3 is 1. The predicted octanol–water partition coefficient (Wildman–Crippen LogP) is 3.14. The van der Waals surface area contributed by atoms with Crippen molar-refractivity contribution >= 4 is 29.0 Å². The number of benzene rings is 2. The van der Waals surface area contributed by atoms with Gasteiger partial charge in [-0.15, -0.1) is 0 Å². The molecule has 0 unspecified atom stereocenters. The Bertz CT molecular complexity index is 911. The highest BCUT2D eigenvalue weighted by Crippen LogP contribution is 2.17. The number of esters is 1. The van der Waals surface area contributed by atoms with Crippen LogP contribution in [0.2, 0.25) is 0 Å². The van der Waals surface area contributed by atoms with Crippen molar-refractivity contribution in [1.82, 2.24) is 0 Å². The summed E-state index contributed by atoms with van der Waals surface area (Å²) in [5.74, 6) is -0.812. The molecule has 0 spiro atoms. The average molecular weight is 400 g/mol. The van der Waals surface area contributed by atoms with Crippen LogP contribution in [0.5, 0.6) is 5.75 Å². The first kappa shape index (κ1) is 21.5. The van der Waals surface area contributed by atoms with Crippen LogP contribution in [-0.4, -0.2) is 36.3 Å². The van der Waals surface area contributed by atoms with Crippen molar-refractivity contribution in [3.8, 4) is 5.75 Å². The summed E-state index contributed by atoms with van der Waals surface area (Å²) in [7, 11) is 1.48. The molecule has 0 bridgehead atoms. The van der Waals surface area contributed by atoms with Crippen LogP contribution >= 0.6 is 0 Å². The number of carbonyl (C=O) groups is 3. The van der Waals surface area contributed by atoms with E-state index >= 15 is 0 Å². The number of nitrogens with zero attached hydrogens (tertiary/aromatic N) is 1. The first-order valence-corrected chi connectivity index (χ1v) is 8.76. The molecule has 0 saturated heterocycles. The molecule has 1 N–H and O–H groups in total. The van der Waals surface area contributed by atoms with Gasteiger partial charge < -0.3 is 14.8 Å². The van der Waals surface area contributed by atoms with E-state index in [9.17, 15) is 24.5 Å². The number of nitro groups is 1. The van der Waals surface area contributed by atoms with Crippen LogP contribution in [0, 0.1) is 10.1 Å². The number of anilines is 1. The molecular formula is C20H20N2O7. The third kappa shape index (κ3) is 7.06. The summed E-state index contributed by atoms with van der Waals surface area (Å²) < 4.78 is 9.97. The second-order valence-electron chi connectivity index (χ2n) is 6.02. The molecule has 0 atom stereocenters. The average Bonchev–Trinajstić information content (AvgIpc) is 2.72. The summed E-state index contributed by atoms with van der Waals surface area (Å²) in [5.41, 5.74) is 0.538. The quantitative estimate of drug-likeness (QED) is 0.281. The lowest BCUT2D eigenvalue weighted by molar-refractivity contribution is -0.384. The van der Waals surface area contributed by atoms with Crippen molar-refractivity contribution in [3.05, 3.63) is 64.2 Å². The molecule has 2 aromatic rings. The van der Waals surface area contributed by atoms with E-state index in [1.807, 2.05) is 0 Å². The maximum absolute atomic E-state index is 12.0. The molecule has 0 aliphatic rings. The summed E-state index contributed by atoms with van der Waals surface area (Å²) in [6.45, 7) is -0.397. The fourth-order valence-corrected chi connectivity index (χ4v) is 2.41. The van der Waals surface area contributed by atoms with E-state index in [1.54, 1.807) is 24.3 Å². The predicted molar refractivity (Wildman–Crippen MR) is 104 cm³/mol. The molecule has 0 radical (unpaired) electrons. The number of ketones is 1. The van der Waals surface area contributed by atoms with Crippen molar-refractivity contribution in [2.24, 2.45) is 0 Å². The first-order chi connectivity index (χ1) is 13.9. The van der Waals surface area contributed by atoms with Crippen molar-refractivity contribution < 1.29 is 28.8 Å². The van der Waals surface area contributed by atoms with Gasteiger partial charge in [-0.2, -0.15) is 0 Å². The van der Waals surface area contributed by atoms with Crippen LogP contribution in [0.4, 0.5) is 11.4 Å². The summed E-state index contributed by atoms with van der Waals surface area (Å²) >= 11 is 0. The lowest BCUT2D eigenvalue weighted by Gasteiger charge is -2.07. The van der Waals surface area contributed by atoms with Crippen molar-refractivity contribution in [2.75, 3.05) is 19.0 Å². The minimum absolute atomic E-state index is 0.0294. The van der Waals surface area contributed by atoms with Gasteiger partial charge in [0.2, 0.25) is 5.91 Å². The van der Waals surface area contributed by atoms with Gasteiger partial charge in [0, 0.05) is 36.2 Å². The van der Waals surface area contributed by atoms with Crippen LogP contribution in [0.1, 0.15) is 29.6 Å². The number of non-ortho nitro benzene ring substituents is 1. The maximum Gasteiger partial charge on any atom is 0.306 e. The van der Waals surface area contributed by atoms with E-state index < -0.39 is 17.5 Å². The van der Waals surface area contributed by atoms with Gasteiger partial charge in [-0.05, 0) is 24.6 Å². The molecule has 152 valence electrons. The fraction of sp³-hybridized carbons (Fsp3) is 0.250. The van der Waals surface area contributed by atoms with E-state index in [-0.39, 0.29) is 36.6 Å². The normalized spacial score (nSPS) is 10.1. The van der Waals surface area contributed by atoms with E-state index in [0.717, 1.165) is 0 Å². The van der Waals surface area contributed by atoms with Gasteiger partial charge in [0.25, 0.3) is 5.69 Å².